The topological polar surface area (TPSA) is 49.4 Å². The van der Waals surface area contributed by atoms with Gasteiger partial charge in [0.05, 0.1) is 0 Å². The Balaban J connectivity index is 2.60. The van der Waals surface area contributed by atoms with Gasteiger partial charge in [-0.05, 0) is 44.5 Å². The third kappa shape index (κ3) is 4.67. The highest BCUT2D eigenvalue weighted by Gasteiger charge is 2.14. The minimum absolute atomic E-state index is 0.114. The Morgan fingerprint density at radius 3 is 2.42 bits per heavy atom. The normalized spacial score (nSPS) is 10.1. The van der Waals surface area contributed by atoms with Gasteiger partial charge in [0.15, 0.2) is 0 Å². The molecule has 19 heavy (non-hydrogen) atoms. The highest BCUT2D eigenvalue weighted by molar-refractivity contribution is 9.10. The Kier molecular flexibility index (Phi) is 6.02. The van der Waals surface area contributed by atoms with E-state index in [4.69, 9.17) is 0 Å². The van der Waals surface area contributed by atoms with Crippen LogP contribution in [0.1, 0.15) is 25.8 Å². The molecule has 104 valence electrons. The van der Waals surface area contributed by atoms with Gasteiger partial charge < -0.3 is 10.2 Å². The van der Waals surface area contributed by atoms with Crippen molar-refractivity contribution in [2.24, 2.45) is 0 Å². The number of nitrogens with one attached hydrogen (secondary N) is 1. The van der Waals surface area contributed by atoms with Gasteiger partial charge in [-0.1, -0.05) is 15.9 Å². The molecule has 0 unspecified atom stereocenters. The molecule has 0 saturated heterocycles. The Morgan fingerprint density at radius 1 is 1.26 bits per heavy atom. The molecule has 1 aromatic rings. The van der Waals surface area contributed by atoms with Crippen LogP contribution in [0.15, 0.2) is 22.7 Å². The van der Waals surface area contributed by atoms with Crippen LogP contribution in [0.4, 0.5) is 5.69 Å². The number of amides is 2. The fraction of sp³-hybridized carbons (Fsp3) is 0.429. The quantitative estimate of drug-likeness (QED) is 0.846. The zero-order valence-electron chi connectivity index (χ0n) is 11.5. The Hall–Kier alpha value is -1.36. The van der Waals surface area contributed by atoms with Crippen LogP contribution in [-0.4, -0.2) is 29.8 Å². The summed E-state index contributed by atoms with van der Waals surface area (Å²) in [7, 11) is 0. The van der Waals surface area contributed by atoms with Crippen LogP contribution in [-0.2, 0) is 9.59 Å². The Morgan fingerprint density at radius 2 is 1.89 bits per heavy atom. The third-order valence-electron chi connectivity index (χ3n) is 2.87. The minimum Gasteiger partial charge on any atom is -0.343 e. The first-order chi connectivity index (χ1) is 8.97. The number of carbonyl (C=O) groups excluding carboxylic acids is 2. The van der Waals surface area contributed by atoms with E-state index in [0.717, 1.165) is 10.0 Å². The van der Waals surface area contributed by atoms with E-state index in [-0.39, 0.29) is 18.2 Å². The zero-order chi connectivity index (χ0) is 14.4. The van der Waals surface area contributed by atoms with Crippen LogP contribution >= 0.6 is 15.9 Å². The lowest BCUT2D eigenvalue weighted by Gasteiger charge is -2.18. The van der Waals surface area contributed by atoms with Crippen molar-refractivity contribution in [1.82, 2.24) is 4.90 Å². The highest BCUT2D eigenvalue weighted by Crippen LogP contribution is 2.20. The second-order valence-corrected chi connectivity index (χ2v) is 5.11. The van der Waals surface area contributed by atoms with Crippen molar-refractivity contribution in [3.8, 4) is 0 Å². The summed E-state index contributed by atoms with van der Waals surface area (Å²) < 4.78 is 0.990. The lowest BCUT2D eigenvalue weighted by atomic mass is 10.2. The van der Waals surface area contributed by atoms with Crippen LogP contribution in [0.3, 0.4) is 0 Å². The second-order valence-electron chi connectivity index (χ2n) is 4.25. The molecule has 0 bridgehead atoms. The maximum atomic E-state index is 11.8. The van der Waals surface area contributed by atoms with E-state index in [1.165, 1.54) is 0 Å². The third-order valence-corrected chi connectivity index (χ3v) is 3.76. The van der Waals surface area contributed by atoms with Crippen molar-refractivity contribution >= 4 is 33.4 Å². The number of hydrogen-bond donors (Lipinski definition) is 1. The summed E-state index contributed by atoms with van der Waals surface area (Å²) in [5, 5.41) is 2.74. The molecule has 0 spiro atoms. The lowest BCUT2D eigenvalue weighted by molar-refractivity contribution is -0.134. The van der Waals surface area contributed by atoms with E-state index >= 15 is 0 Å². The molecule has 0 atom stereocenters. The van der Waals surface area contributed by atoms with E-state index in [0.29, 0.717) is 18.8 Å². The number of rotatable bonds is 5. The van der Waals surface area contributed by atoms with Gasteiger partial charge in [0.2, 0.25) is 11.8 Å². The molecule has 1 rings (SSSR count). The van der Waals surface area contributed by atoms with Gasteiger partial charge in [0.25, 0.3) is 0 Å². The molecular weight excluding hydrogens is 308 g/mol. The van der Waals surface area contributed by atoms with Crippen molar-refractivity contribution in [3.05, 3.63) is 28.2 Å². The molecule has 4 nitrogen and oxygen atoms in total. The van der Waals surface area contributed by atoms with Crippen LogP contribution < -0.4 is 5.32 Å². The molecule has 1 aromatic carbocycles. The summed E-state index contributed by atoms with van der Waals surface area (Å²) in [6.45, 7) is 7.00. The monoisotopic (exact) mass is 326 g/mol. The summed E-state index contributed by atoms with van der Waals surface area (Å²) in [6.07, 6.45) is -0.114. The first-order valence-electron chi connectivity index (χ1n) is 6.31. The molecule has 0 fully saturated rings. The molecular formula is C14H19BrN2O2. The van der Waals surface area contributed by atoms with Gasteiger partial charge in [-0.2, -0.15) is 0 Å². The molecule has 0 radical (unpaired) electrons. The SMILES string of the molecule is CCN(CC)C(=O)CC(=O)Nc1ccc(Br)c(C)c1. The van der Waals surface area contributed by atoms with Crippen molar-refractivity contribution in [2.45, 2.75) is 27.2 Å². The van der Waals surface area contributed by atoms with Crippen LogP contribution in [0.25, 0.3) is 0 Å². The molecule has 0 aliphatic heterocycles. The first kappa shape index (κ1) is 15.7. The summed E-state index contributed by atoms with van der Waals surface area (Å²) >= 11 is 3.40. The number of halogens is 1. The highest BCUT2D eigenvalue weighted by atomic mass is 79.9. The molecule has 0 saturated carbocycles. The number of carbonyl (C=O) groups is 2. The molecule has 5 heteroatoms. The van der Waals surface area contributed by atoms with Crippen molar-refractivity contribution in [2.75, 3.05) is 18.4 Å². The first-order valence-corrected chi connectivity index (χ1v) is 7.11. The number of anilines is 1. The van der Waals surface area contributed by atoms with Crippen molar-refractivity contribution in [3.63, 3.8) is 0 Å². The average molecular weight is 327 g/mol. The van der Waals surface area contributed by atoms with E-state index in [9.17, 15) is 9.59 Å². The number of aryl methyl sites for hydroxylation is 1. The van der Waals surface area contributed by atoms with Crippen LogP contribution in [0.2, 0.25) is 0 Å². The predicted octanol–water partition coefficient (Wildman–Crippen LogP) is 2.95. The van der Waals surface area contributed by atoms with Crippen LogP contribution in [0.5, 0.6) is 0 Å². The fourth-order valence-corrected chi connectivity index (χ4v) is 2.00. The largest absolute Gasteiger partial charge is 0.343 e. The van der Waals surface area contributed by atoms with Gasteiger partial charge in [-0.25, -0.2) is 0 Å². The van der Waals surface area contributed by atoms with E-state index in [1.54, 1.807) is 11.0 Å². The number of hydrogen-bond acceptors (Lipinski definition) is 2. The second kappa shape index (κ2) is 7.28. The van der Waals surface area contributed by atoms with E-state index < -0.39 is 0 Å². The number of benzene rings is 1. The van der Waals surface area contributed by atoms with Gasteiger partial charge >= 0.3 is 0 Å². The standard InChI is InChI=1S/C14H19BrN2O2/c1-4-17(5-2)14(19)9-13(18)16-11-6-7-12(15)10(3)8-11/h6-8H,4-5,9H2,1-3H3,(H,16,18). The summed E-state index contributed by atoms with van der Waals surface area (Å²) in [5.74, 6) is -0.421. The predicted molar refractivity (Wildman–Crippen MR) is 80.1 cm³/mol. The van der Waals surface area contributed by atoms with Crippen molar-refractivity contribution in [1.29, 1.82) is 0 Å². The summed E-state index contributed by atoms with van der Waals surface area (Å²) in [6, 6.07) is 5.54. The summed E-state index contributed by atoms with van der Waals surface area (Å²) in [5.41, 5.74) is 1.74. The molecule has 2 amide bonds. The Labute approximate surface area is 122 Å². The molecule has 0 heterocycles. The van der Waals surface area contributed by atoms with Crippen LogP contribution in [0, 0.1) is 6.92 Å². The zero-order valence-corrected chi connectivity index (χ0v) is 13.1. The van der Waals surface area contributed by atoms with E-state index in [1.807, 2.05) is 32.9 Å². The summed E-state index contributed by atoms with van der Waals surface area (Å²) in [4.78, 5) is 25.2. The minimum atomic E-state index is -0.279. The smallest absolute Gasteiger partial charge is 0.233 e. The van der Waals surface area contributed by atoms with Gasteiger partial charge in [-0.15, -0.1) is 0 Å². The molecule has 0 aromatic heterocycles. The number of nitrogens with zero attached hydrogens (tertiary/aromatic N) is 1. The van der Waals surface area contributed by atoms with Crippen molar-refractivity contribution < 1.29 is 9.59 Å². The van der Waals surface area contributed by atoms with Gasteiger partial charge in [0, 0.05) is 23.2 Å². The molecule has 0 aliphatic rings. The fourth-order valence-electron chi connectivity index (χ4n) is 1.75. The van der Waals surface area contributed by atoms with Gasteiger partial charge in [0.1, 0.15) is 6.42 Å². The average Bonchev–Trinajstić information content (AvgIpc) is 2.35. The maximum Gasteiger partial charge on any atom is 0.233 e. The Bertz CT molecular complexity index is 471. The lowest BCUT2D eigenvalue weighted by Crippen LogP contribution is -2.33. The molecule has 0 aliphatic carbocycles. The van der Waals surface area contributed by atoms with E-state index in [2.05, 4.69) is 21.2 Å². The van der Waals surface area contributed by atoms with Gasteiger partial charge in [-0.3, -0.25) is 9.59 Å². The molecule has 1 N–H and O–H groups in total. The maximum absolute atomic E-state index is 11.8.